The second-order valence-electron chi connectivity index (χ2n) is 11.3. The lowest BCUT2D eigenvalue weighted by Crippen LogP contribution is -2.16. The van der Waals surface area contributed by atoms with Gasteiger partial charge in [-0.15, -0.1) is 0 Å². The van der Waals surface area contributed by atoms with E-state index in [0.717, 1.165) is 46.7 Å². The highest BCUT2D eigenvalue weighted by molar-refractivity contribution is 7.68. The number of fused-ring (bicyclic) bond motifs is 3. The van der Waals surface area contributed by atoms with Gasteiger partial charge in [-0.25, -0.2) is 0 Å². The van der Waals surface area contributed by atoms with E-state index in [1.165, 1.54) is 46.2 Å². The Balaban J connectivity index is 1.50. The van der Waals surface area contributed by atoms with Gasteiger partial charge in [-0.3, -0.25) is 9.97 Å². The molecule has 3 aromatic heterocycles. The predicted octanol–water partition coefficient (Wildman–Crippen LogP) is 9.93. The fourth-order valence-electron chi connectivity index (χ4n) is 6.07. The van der Waals surface area contributed by atoms with Crippen molar-refractivity contribution in [1.82, 2.24) is 14.5 Å². The van der Waals surface area contributed by atoms with E-state index in [2.05, 4.69) is 120 Å². The van der Waals surface area contributed by atoms with Crippen molar-refractivity contribution in [1.29, 1.82) is 0 Å². The van der Waals surface area contributed by atoms with Crippen LogP contribution in [0.5, 0.6) is 5.75 Å². The molecule has 0 aliphatic rings. The van der Waals surface area contributed by atoms with Gasteiger partial charge >= 0.3 is 0 Å². The van der Waals surface area contributed by atoms with Crippen LogP contribution in [0, 0.1) is 0 Å². The number of hydrogen-bond acceptors (Lipinski definition) is 3. The van der Waals surface area contributed by atoms with Crippen LogP contribution in [0.1, 0.15) is 32.6 Å². The zero-order valence-corrected chi connectivity index (χ0v) is 26.4. The Morgan fingerprint density at radius 1 is 0.622 bits per heavy atom. The Kier molecular flexibility index (Phi) is 8.66. The van der Waals surface area contributed by atoms with E-state index >= 15 is 0 Å². The van der Waals surface area contributed by atoms with Gasteiger partial charge in [-0.1, -0.05) is 117 Å². The van der Waals surface area contributed by atoms with Crippen LogP contribution in [-0.2, 0) is 6.54 Å². The van der Waals surface area contributed by atoms with Crippen LogP contribution in [0.25, 0.3) is 44.3 Å². The fourth-order valence-corrected chi connectivity index (χ4v) is 7.83. The summed E-state index contributed by atoms with van der Waals surface area (Å²) in [5, 5.41) is 4.76. The molecule has 4 aromatic carbocycles. The van der Waals surface area contributed by atoms with Crippen LogP contribution < -0.4 is 15.1 Å². The Hall–Kier alpha value is -4.79. The third-order valence-corrected chi connectivity index (χ3v) is 10.2. The summed E-state index contributed by atoms with van der Waals surface area (Å²) in [6.45, 7) is 3.17. The first-order valence-corrected chi connectivity index (χ1v) is 17.1. The molecule has 5 heteroatoms. The molecule has 45 heavy (non-hydrogen) atoms. The molecule has 0 saturated carbocycles. The normalized spacial score (nSPS) is 11.4. The van der Waals surface area contributed by atoms with Crippen molar-refractivity contribution in [3.8, 4) is 28.3 Å². The van der Waals surface area contributed by atoms with E-state index in [1.54, 1.807) is 0 Å². The molecule has 3 heterocycles. The minimum absolute atomic E-state index is 0.885. The Labute approximate surface area is 266 Å². The quantitative estimate of drug-likeness (QED) is 0.109. The predicted molar refractivity (Wildman–Crippen MR) is 190 cm³/mol. The van der Waals surface area contributed by atoms with Crippen LogP contribution in [0.3, 0.4) is 0 Å². The molecule has 7 rings (SSSR count). The molecule has 0 fully saturated rings. The molecule has 0 aliphatic heterocycles. The number of aryl methyl sites for hydroxylation is 1. The maximum absolute atomic E-state index is 7.39. The highest BCUT2D eigenvalue weighted by Gasteiger charge is 2.25. The van der Waals surface area contributed by atoms with E-state index in [4.69, 9.17) is 9.51 Å². The number of unbranched alkanes of at least 4 members (excludes halogenated alkanes) is 3. The summed E-state index contributed by atoms with van der Waals surface area (Å²) in [6.07, 6.45) is 8.44. The van der Waals surface area contributed by atoms with E-state index < -0.39 is 8.15 Å². The second kappa shape index (κ2) is 13.5. The van der Waals surface area contributed by atoms with Crippen LogP contribution >= 0.6 is 8.15 Å². The lowest BCUT2D eigenvalue weighted by atomic mass is 10.0. The summed E-state index contributed by atoms with van der Waals surface area (Å²) in [6, 6.07) is 44.6. The molecular weight excluding hydrogens is 569 g/mol. The molecular formula is C40H36N3OP. The third-order valence-electron chi connectivity index (χ3n) is 8.28. The minimum atomic E-state index is -1.16. The largest absolute Gasteiger partial charge is 0.462 e. The Morgan fingerprint density at radius 3 is 1.91 bits per heavy atom. The number of pyridine rings is 2. The molecule has 0 spiro atoms. The van der Waals surface area contributed by atoms with Crippen LogP contribution in [-0.4, -0.2) is 14.5 Å². The minimum Gasteiger partial charge on any atom is -0.462 e. The smallest absolute Gasteiger partial charge is 0.157 e. The first kappa shape index (κ1) is 29.0. The van der Waals surface area contributed by atoms with Crippen molar-refractivity contribution in [2.45, 2.75) is 39.2 Å². The zero-order chi connectivity index (χ0) is 30.4. The number of rotatable bonds is 11. The second-order valence-corrected chi connectivity index (χ2v) is 13.1. The number of hydrogen-bond donors (Lipinski definition) is 0. The molecule has 0 aliphatic carbocycles. The van der Waals surface area contributed by atoms with Crippen LogP contribution in [0.15, 0.2) is 140 Å². The summed E-state index contributed by atoms with van der Waals surface area (Å²) in [5.74, 6) is 0.885. The summed E-state index contributed by atoms with van der Waals surface area (Å²) in [4.78, 5) is 9.47. The van der Waals surface area contributed by atoms with Crippen molar-refractivity contribution in [3.63, 3.8) is 0 Å². The van der Waals surface area contributed by atoms with Gasteiger partial charge in [0.2, 0.25) is 0 Å². The average Bonchev–Trinajstić information content (AvgIpc) is 3.43. The van der Waals surface area contributed by atoms with Crippen LogP contribution in [0.4, 0.5) is 0 Å². The highest BCUT2D eigenvalue weighted by atomic mass is 31.1. The molecule has 0 saturated heterocycles. The number of nitrogens with zero attached hydrogens (tertiary/aromatic N) is 3. The fraction of sp³-hybridized carbons (Fsp3) is 0.150. The summed E-state index contributed by atoms with van der Waals surface area (Å²) < 4.78 is 9.89. The number of benzene rings is 4. The lowest BCUT2D eigenvalue weighted by molar-refractivity contribution is 0.592. The van der Waals surface area contributed by atoms with E-state index in [9.17, 15) is 0 Å². The maximum atomic E-state index is 7.39. The van der Waals surface area contributed by atoms with Gasteiger partial charge < -0.3 is 9.09 Å². The molecule has 7 aromatic rings. The average molecular weight is 606 g/mol. The van der Waals surface area contributed by atoms with Crippen molar-refractivity contribution in [3.05, 3.63) is 140 Å². The molecule has 4 nitrogen and oxygen atoms in total. The highest BCUT2D eigenvalue weighted by Crippen LogP contribution is 2.47. The molecule has 0 unspecified atom stereocenters. The SMILES string of the molecule is CCCCCCn1c2cc(-c3ccccn3)ccc2c2ccc(-c3ccccn3)c(OP(c3ccccc3)c3ccccc3)c21. The maximum Gasteiger partial charge on any atom is 0.157 e. The monoisotopic (exact) mass is 605 g/mol. The first-order chi connectivity index (χ1) is 22.3. The summed E-state index contributed by atoms with van der Waals surface area (Å²) >= 11 is 0. The van der Waals surface area contributed by atoms with E-state index in [-0.39, 0.29) is 0 Å². The molecule has 222 valence electrons. The van der Waals surface area contributed by atoms with Gasteiger partial charge in [0.05, 0.1) is 16.9 Å². The topological polar surface area (TPSA) is 39.9 Å². The number of aromatic nitrogens is 3. The molecule has 0 atom stereocenters. The van der Waals surface area contributed by atoms with Crippen LogP contribution in [0.2, 0.25) is 0 Å². The molecule has 0 N–H and O–H groups in total. The van der Waals surface area contributed by atoms with Gasteiger partial charge in [0.1, 0.15) is 0 Å². The standard InChI is InChI=1S/C40H36N3OP/c1-2-3-4-15-28-43-38-29-30(36-20-11-13-26-41-36)22-23-33(38)34-24-25-35(37-21-12-14-27-42-37)40(39(34)43)44-45(31-16-7-5-8-17-31)32-18-9-6-10-19-32/h5-14,16-27,29H,2-4,15,28H2,1H3. The molecule has 0 amide bonds. The summed E-state index contributed by atoms with van der Waals surface area (Å²) in [5.41, 5.74) is 6.33. The van der Waals surface area contributed by atoms with Gasteiger partial charge in [0.15, 0.2) is 13.9 Å². The Morgan fingerprint density at radius 2 is 1.27 bits per heavy atom. The molecule has 0 bridgehead atoms. The van der Waals surface area contributed by atoms with Gasteiger partial charge in [-0.2, -0.15) is 0 Å². The van der Waals surface area contributed by atoms with Crippen molar-refractivity contribution >= 4 is 40.6 Å². The van der Waals surface area contributed by atoms with Gasteiger partial charge in [0.25, 0.3) is 0 Å². The van der Waals surface area contributed by atoms with Crippen molar-refractivity contribution in [2.75, 3.05) is 0 Å². The third kappa shape index (κ3) is 5.99. The van der Waals surface area contributed by atoms with Crippen molar-refractivity contribution in [2.24, 2.45) is 0 Å². The molecule has 0 radical (unpaired) electrons. The zero-order valence-electron chi connectivity index (χ0n) is 25.5. The van der Waals surface area contributed by atoms with Crippen molar-refractivity contribution < 1.29 is 4.52 Å². The van der Waals surface area contributed by atoms with Gasteiger partial charge in [-0.05, 0) is 42.8 Å². The first-order valence-electron chi connectivity index (χ1n) is 15.8. The summed E-state index contributed by atoms with van der Waals surface area (Å²) in [7, 11) is -1.16. The van der Waals surface area contributed by atoms with Gasteiger partial charge in [0, 0.05) is 57.0 Å². The lowest BCUT2D eigenvalue weighted by Gasteiger charge is -2.23. The van der Waals surface area contributed by atoms with E-state index in [0.29, 0.717) is 0 Å². The Bertz CT molecular complexity index is 1970. The van der Waals surface area contributed by atoms with E-state index in [1.807, 2.05) is 36.7 Å².